The van der Waals surface area contributed by atoms with Gasteiger partial charge in [0, 0.05) is 26.3 Å². The van der Waals surface area contributed by atoms with Gasteiger partial charge >= 0.3 is 0 Å². The molecule has 0 aliphatic heterocycles. The van der Waals surface area contributed by atoms with Gasteiger partial charge in [0.1, 0.15) is 0 Å². The van der Waals surface area contributed by atoms with Crippen molar-refractivity contribution in [2.45, 2.75) is 32.8 Å². The van der Waals surface area contributed by atoms with Crippen molar-refractivity contribution in [1.82, 2.24) is 10.6 Å². The van der Waals surface area contributed by atoms with Gasteiger partial charge in [0.25, 0.3) is 0 Å². The molecule has 1 atom stereocenters. The summed E-state index contributed by atoms with van der Waals surface area (Å²) in [6.45, 7) is 8.30. The highest BCUT2D eigenvalue weighted by Gasteiger charge is 2.21. The van der Waals surface area contributed by atoms with Gasteiger partial charge in [-0.2, -0.15) is 0 Å². The van der Waals surface area contributed by atoms with Gasteiger partial charge in [0.2, 0.25) is 0 Å². The van der Waals surface area contributed by atoms with Gasteiger partial charge in [-0.3, -0.25) is 4.99 Å². The zero-order valence-electron chi connectivity index (χ0n) is 12.7. The minimum absolute atomic E-state index is 0.342. The van der Waals surface area contributed by atoms with Crippen molar-refractivity contribution in [2.24, 2.45) is 10.9 Å². The molecule has 0 amide bonds. The van der Waals surface area contributed by atoms with E-state index in [1.807, 2.05) is 13.8 Å². The molecule has 0 spiro atoms. The lowest BCUT2D eigenvalue weighted by Gasteiger charge is -2.13. The molecule has 0 aromatic heterocycles. The van der Waals surface area contributed by atoms with Gasteiger partial charge in [-0.1, -0.05) is 0 Å². The van der Waals surface area contributed by atoms with E-state index in [-0.39, 0.29) is 0 Å². The van der Waals surface area contributed by atoms with Crippen LogP contribution in [0.5, 0.6) is 0 Å². The second-order valence-electron chi connectivity index (χ2n) is 4.98. The van der Waals surface area contributed by atoms with E-state index in [1.165, 1.54) is 12.8 Å². The first kappa shape index (κ1) is 17.2. The number of nitrogens with zero attached hydrogens (tertiary/aromatic N) is 1. The average Bonchev–Trinajstić information content (AvgIpc) is 3.25. The number of nitrogens with one attached hydrogen (secondary N) is 2. The lowest BCUT2D eigenvalue weighted by molar-refractivity contribution is 0.0368. The number of rotatable bonds is 11. The fraction of sp³-hybridized carbons (Fsp3) is 0.929. The maximum absolute atomic E-state index is 9.80. The van der Waals surface area contributed by atoms with Crippen molar-refractivity contribution < 1.29 is 14.6 Å². The third-order valence-corrected chi connectivity index (χ3v) is 2.91. The molecule has 6 nitrogen and oxygen atoms in total. The number of aliphatic hydroxyl groups excluding tert-OH is 1. The average molecular weight is 287 g/mol. The molecule has 20 heavy (non-hydrogen) atoms. The van der Waals surface area contributed by atoms with E-state index in [0.29, 0.717) is 38.9 Å². The first-order chi connectivity index (χ1) is 9.76. The van der Waals surface area contributed by atoms with Crippen LogP contribution < -0.4 is 10.6 Å². The van der Waals surface area contributed by atoms with Crippen LogP contribution in [0.4, 0.5) is 0 Å². The summed E-state index contributed by atoms with van der Waals surface area (Å²) in [4.78, 5) is 4.33. The number of ether oxygens (including phenoxy) is 2. The van der Waals surface area contributed by atoms with Gasteiger partial charge in [0.15, 0.2) is 5.96 Å². The molecule has 6 heteroatoms. The Bertz CT molecular complexity index is 270. The number of guanidine groups is 1. The molecular formula is C14H29N3O3. The highest BCUT2D eigenvalue weighted by Crippen LogP contribution is 2.28. The summed E-state index contributed by atoms with van der Waals surface area (Å²) in [5.74, 6) is 1.43. The van der Waals surface area contributed by atoms with E-state index >= 15 is 0 Å². The fourth-order valence-corrected chi connectivity index (χ4v) is 1.63. The van der Waals surface area contributed by atoms with Crippen LogP contribution in [0.2, 0.25) is 0 Å². The van der Waals surface area contributed by atoms with Crippen molar-refractivity contribution >= 4 is 5.96 Å². The highest BCUT2D eigenvalue weighted by molar-refractivity contribution is 5.79. The first-order valence-corrected chi connectivity index (χ1v) is 7.62. The Morgan fingerprint density at radius 1 is 1.30 bits per heavy atom. The lowest BCUT2D eigenvalue weighted by atomic mass is 10.4. The molecule has 1 fully saturated rings. The maximum atomic E-state index is 9.80. The molecule has 1 aliphatic carbocycles. The second-order valence-corrected chi connectivity index (χ2v) is 4.98. The van der Waals surface area contributed by atoms with Crippen LogP contribution in [0.1, 0.15) is 26.7 Å². The fourth-order valence-electron chi connectivity index (χ4n) is 1.63. The predicted octanol–water partition coefficient (Wildman–Crippen LogP) is 0.366. The summed E-state index contributed by atoms with van der Waals surface area (Å²) in [6.07, 6.45) is 1.99. The topological polar surface area (TPSA) is 75.1 Å². The smallest absolute Gasteiger partial charge is 0.191 e. The first-order valence-electron chi connectivity index (χ1n) is 7.62. The quantitative estimate of drug-likeness (QED) is 0.291. The third kappa shape index (κ3) is 9.12. The molecule has 0 heterocycles. The zero-order valence-corrected chi connectivity index (χ0v) is 12.7. The molecule has 1 rings (SSSR count). The molecule has 0 aromatic carbocycles. The molecule has 0 saturated heterocycles. The summed E-state index contributed by atoms with van der Waals surface area (Å²) < 4.78 is 10.7. The van der Waals surface area contributed by atoms with Crippen molar-refractivity contribution in [1.29, 1.82) is 0 Å². The molecule has 0 bridgehead atoms. The Morgan fingerprint density at radius 2 is 2.10 bits per heavy atom. The van der Waals surface area contributed by atoms with Crippen LogP contribution >= 0.6 is 0 Å². The van der Waals surface area contributed by atoms with Gasteiger partial charge in [-0.05, 0) is 32.6 Å². The van der Waals surface area contributed by atoms with Crippen molar-refractivity contribution in [3.63, 3.8) is 0 Å². The highest BCUT2D eigenvalue weighted by atomic mass is 16.5. The lowest BCUT2D eigenvalue weighted by Crippen LogP contribution is -2.39. The van der Waals surface area contributed by atoms with E-state index in [2.05, 4.69) is 15.6 Å². The molecule has 1 aliphatic rings. The summed E-state index contributed by atoms with van der Waals surface area (Å²) >= 11 is 0. The number of hydrogen-bond acceptors (Lipinski definition) is 4. The monoisotopic (exact) mass is 287 g/mol. The Balaban J connectivity index is 2.13. The number of hydrogen-bond donors (Lipinski definition) is 3. The van der Waals surface area contributed by atoms with Crippen molar-refractivity contribution in [3.8, 4) is 0 Å². The summed E-state index contributed by atoms with van der Waals surface area (Å²) in [7, 11) is 0. The summed E-state index contributed by atoms with van der Waals surface area (Å²) in [5, 5.41) is 16.1. The Labute approximate surface area is 121 Å². The normalized spacial score (nSPS) is 17.1. The van der Waals surface area contributed by atoms with E-state index in [0.717, 1.165) is 19.1 Å². The largest absolute Gasteiger partial charge is 0.389 e. The molecule has 118 valence electrons. The molecule has 1 unspecified atom stereocenters. The van der Waals surface area contributed by atoms with E-state index in [9.17, 15) is 5.11 Å². The van der Waals surface area contributed by atoms with Crippen molar-refractivity contribution in [3.05, 3.63) is 0 Å². The van der Waals surface area contributed by atoms with Crippen LogP contribution in [-0.2, 0) is 9.47 Å². The predicted molar refractivity (Wildman–Crippen MR) is 80.0 cm³/mol. The zero-order chi connectivity index (χ0) is 14.6. The third-order valence-electron chi connectivity index (χ3n) is 2.91. The Hall–Kier alpha value is -0.850. The standard InChI is InChI=1S/C14H29N3O3/c1-3-15-14(16-7-8-19-4-2)17-9-13(18)11-20-10-12-5-6-12/h12-13,18H,3-11H2,1-2H3,(H2,15,16,17). The Kier molecular flexibility index (Phi) is 9.36. The summed E-state index contributed by atoms with van der Waals surface area (Å²) in [5.41, 5.74) is 0. The van der Waals surface area contributed by atoms with Crippen LogP contribution in [0.15, 0.2) is 4.99 Å². The Morgan fingerprint density at radius 3 is 2.75 bits per heavy atom. The molecule has 0 radical (unpaired) electrons. The number of aliphatic imine (C=N–C) groups is 1. The van der Waals surface area contributed by atoms with E-state index in [1.54, 1.807) is 0 Å². The summed E-state index contributed by atoms with van der Waals surface area (Å²) in [6, 6.07) is 0. The van der Waals surface area contributed by atoms with E-state index in [4.69, 9.17) is 9.47 Å². The second kappa shape index (κ2) is 10.9. The van der Waals surface area contributed by atoms with Gasteiger partial charge in [0.05, 0.1) is 25.9 Å². The SMILES string of the molecule is CCNC(=NCC(O)COCC1CC1)NCCOCC. The molecule has 1 saturated carbocycles. The molecular weight excluding hydrogens is 258 g/mol. The van der Waals surface area contributed by atoms with Gasteiger partial charge in [-0.15, -0.1) is 0 Å². The van der Waals surface area contributed by atoms with Gasteiger partial charge in [-0.25, -0.2) is 0 Å². The van der Waals surface area contributed by atoms with E-state index < -0.39 is 6.10 Å². The van der Waals surface area contributed by atoms with Crippen LogP contribution in [0.25, 0.3) is 0 Å². The van der Waals surface area contributed by atoms with Crippen LogP contribution in [0.3, 0.4) is 0 Å². The van der Waals surface area contributed by atoms with Crippen LogP contribution in [0, 0.1) is 5.92 Å². The number of aliphatic hydroxyl groups is 1. The van der Waals surface area contributed by atoms with Gasteiger partial charge < -0.3 is 25.2 Å². The minimum Gasteiger partial charge on any atom is -0.389 e. The molecule has 0 aromatic rings. The van der Waals surface area contributed by atoms with Crippen molar-refractivity contribution in [2.75, 3.05) is 46.1 Å². The van der Waals surface area contributed by atoms with Crippen LogP contribution in [-0.4, -0.2) is 63.2 Å². The maximum Gasteiger partial charge on any atom is 0.191 e. The minimum atomic E-state index is -0.545. The molecule has 3 N–H and O–H groups in total.